The van der Waals surface area contributed by atoms with Gasteiger partial charge in [0, 0.05) is 11.8 Å². The van der Waals surface area contributed by atoms with Crippen LogP contribution in [0.1, 0.15) is 25.8 Å². The standard InChI is InChI=1S/C12H17NO3S/c1-3-9(2)8-17-12-5-4-10(7-14)6-11(12)13(15)16/h4-6,9,14H,3,7-8H2,1-2H3. The molecule has 0 amide bonds. The topological polar surface area (TPSA) is 63.4 Å². The number of nitro benzene ring substituents is 1. The van der Waals surface area contributed by atoms with E-state index in [9.17, 15) is 10.1 Å². The van der Waals surface area contributed by atoms with Crippen LogP contribution in [0.5, 0.6) is 0 Å². The number of thioether (sulfide) groups is 1. The normalized spacial score (nSPS) is 12.4. The average Bonchev–Trinajstić information content (AvgIpc) is 2.35. The van der Waals surface area contributed by atoms with Gasteiger partial charge in [-0.3, -0.25) is 10.1 Å². The molecule has 17 heavy (non-hydrogen) atoms. The summed E-state index contributed by atoms with van der Waals surface area (Å²) in [4.78, 5) is 11.2. The molecule has 0 bridgehead atoms. The molecule has 4 nitrogen and oxygen atoms in total. The highest BCUT2D eigenvalue weighted by Gasteiger charge is 2.15. The SMILES string of the molecule is CCC(C)CSc1ccc(CO)cc1[N+](=O)[O-]. The van der Waals surface area contributed by atoms with Crippen LogP contribution in [-0.4, -0.2) is 15.8 Å². The summed E-state index contributed by atoms with van der Waals surface area (Å²) in [6.45, 7) is 4.06. The molecule has 0 spiro atoms. The Morgan fingerprint density at radius 1 is 1.53 bits per heavy atom. The van der Waals surface area contributed by atoms with E-state index < -0.39 is 4.92 Å². The van der Waals surface area contributed by atoms with Gasteiger partial charge in [-0.25, -0.2) is 0 Å². The number of aliphatic hydroxyl groups is 1. The fourth-order valence-corrected chi connectivity index (χ4v) is 2.42. The summed E-state index contributed by atoms with van der Waals surface area (Å²) in [5.74, 6) is 1.41. The molecule has 1 atom stereocenters. The van der Waals surface area contributed by atoms with Crippen LogP contribution in [0.4, 0.5) is 5.69 Å². The predicted octanol–water partition coefficient (Wildman–Crippen LogP) is 3.23. The maximum absolute atomic E-state index is 10.9. The van der Waals surface area contributed by atoms with Crippen molar-refractivity contribution in [1.82, 2.24) is 0 Å². The Balaban J connectivity index is 2.87. The van der Waals surface area contributed by atoms with Crippen molar-refractivity contribution in [3.8, 4) is 0 Å². The molecule has 0 aliphatic rings. The lowest BCUT2D eigenvalue weighted by Gasteiger charge is -2.08. The van der Waals surface area contributed by atoms with Crippen LogP contribution in [0.3, 0.4) is 0 Å². The van der Waals surface area contributed by atoms with E-state index in [1.165, 1.54) is 17.8 Å². The van der Waals surface area contributed by atoms with Gasteiger partial charge >= 0.3 is 0 Å². The second-order valence-corrected chi connectivity index (χ2v) is 5.10. The molecule has 0 fully saturated rings. The van der Waals surface area contributed by atoms with Crippen LogP contribution in [0.15, 0.2) is 23.1 Å². The molecule has 0 saturated carbocycles. The third kappa shape index (κ3) is 4.02. The van der Waals surface area contributed by atoms with Gasteiger partial charge in [-0.2, -0.15) is 0 Å². The van der Waals surface area contributed by atoms with Gasteiger partial charge in [0.05, 0.1) is 16.4 Å². The third-order valence-electron chi connectivity index (χ3n) is 2.62. The van der Waals surface area contributed by atoms with Crippen LogP contribution in [-0.2, 0) is 6.61 Å². The molecule has 0 saturated heterocycles. The first-order valence-electron chi connectivity index (χ1n) is 5.59. The van der Waals surface area contributed by atoms with E-state index in [0.717, 1.165) is 12.2 Å². The Morgan fingerprint density at radius 3 is 2.76 bits per heavy atom. The highest BCUT2D eigenvalue weighted by atomic mass is 32.2. The maximum Gasteiger partial charge on any atom is 0.283 e. The molecule has 0 heterocycles. The number of nitro groups is 1. The largest absolute Gasteiger partial charge is 0.392 e. The molecular formula is C12H17NO3S. The van der Waals surface area contributed by atoms with E-state index in [0.29, 0.717) is 16.4 Å². The summed E-state index contributed by atoms with van der Waals surface area (Å²) in [6, 6.07) is 4.89. The summed E-state index contributed by atoms with van der Waals surface area (Å²) < 4.78 is 0. The van der Waals surface area contributed by atoms with Crippen molar-refractivity contribution in [2.75, 3.05) is 5.75 Å². The number of nitrogens with zero attached hydrogens (tertiary/aromatic N) is 1. The summed E-state index contributed by atoms with van der Waals surface area (Å²) >= 11 is 1.50. The number of hydrogen-bond acceptors (Lipinski definition) is 4. The predicted molar refractivity (Wildman–Crippen MR) is 69.2 cm³/mol. The minimum absolute atomic E-state index is 0.0878. The molecule has 0 aliphatic heterocycles. The molecule has 1 aromatic rings. The zero-order chi connectivity index (χ0) is 12.8. The second-order valence-electron chi connectivity index (χ2n) is 4.04. The Labute approximate surface area is 105 Å². The summed E-state index contributed by atoms with van der Waals surface area (Å²) in [6.07, 6.45) is 1.07. The summed E-state index contributed by atoms with van der Waals surface area (Å²) in [7, 11) is 0. The molecule has 0 aliphatic carbocycles. The van der Waals surface area contributed by atoms with Crippen molar-refractivity contribution < 1.29 is 10.0 Å². The van der Waals surface area contributed by atoms with Crippen molar-refractivity contribution >= 4 is 17.4 Å². The Morgan fingerprint density at radius 2 is 2.24 bits per heavy atom. The second kappa shape index (κ2) is 6.61. The van der Waals surface area contributed by atoms with E-state index >= 15 is 0 Å². The molecule has 94 valence electrons. The van der Waals surface area contributed by atoms with Crippen molar-refractivity contribution in [2.45, 2.75) is 31.8 Å². The number of rotatable bonds is 6. The smallest absolute Gasteiger partial charge is 0.283 e. The van der Waals surface area contributed by atoms with Gasteiger partial charge in [-0.15, -0.1) is 11.8 Å². The van der Waals surface area contributed by atoms with E-state index in [4.69, 9.17) is 5.11 Å². The van der Waals surface area contributed by atoms with E-state index in [1.54, 1.807) is 12.1 Å². The average molecular weight is 255 g/mol. The highest BCUT2D eigenvalue weighted by molar-refractivity contribution is 7.99. The third-order valence-corrected chi connectivity index (χ3v) is 4.01. The van der Waals surface area contributed by atoms with Crippen molar-refractivity contribution in [1.29, 1.82) is 0 Å². The Kier molecular flexibility index (Phi) is 5.44. The minimum Gasteiger partial charge on any atom is -0.392 e. The van der Waals surface area contributed by atoms with Crippen molar-refractivity contribution in [2.24, 2.45) is 5.92 Å². The lowest BCUT2D eigenvalue weighted by molar-refractivity contribution is -0.387. The first-order valence-corrected chi connectivity index (χ1v) is 6.58. The van der Waals surface area contributed by atoms with Gasteiger partial charge in [0.1, 0.15) is 0 Å². The maximum atomic E-state index is 10.9. The van der Waals surface area contributed by atoms with Crippen LogP contribution in [0.25, 0.3) is 0 Å². The first kappa shape index (κ1) is 14.0. The van der Waals surface area contributed by atoms with Gasteiger partial charge in [0.25, 0.3) is 5.69 Å². The van der Waals surface area contributed by atoms with E-state index in [1.807, 2.05) is 0 Å². The van der Waals surface area contributed by atoms with Crippen LogP contribution < -0.4 is 0 Å². The van der Waals surface area contributed by atoms with Gasteiger partial charge in [0.15, 0.2) is 0 Å². The van der Waals surface area contributed by atoms with Crippen molar-refractivity contribution in [3.63, 3.8) is 0 Å². The lowest BCUT2D eigenvalue weighted by Crippen LogP contribution is -1.98. The quantitative estimate of drug-likeness (QED) is 0.481. The molecule has 1 rings (SSSR count). The number of aliphatic hydroxyl groups excluding tert-OH is 1. The van der Waals surface area contributed by atoms with Gasteiger partial charge in [-0.1, -0.05) is 26.3 Å². The Bertz CT molecular complexity index is 395. The summed E-state index contributed by atoms with van der Waals surface area (Å²) in [5, 5.41) is 19.9. The lowest BCUT2D eigenvalue weighted by atomic mass is 10.2. The molecular weight excluding hydrogens is 238 g/mol. The van der Waals surface area contributed by atoms with Gasteiger partial charge < -0.3 is 5.11 Å². The monoisotopic (exact) mass is 255 g/mol. The zero-order valence-corrected chi connectivity index (χ0v) is 10.9. The van der Waals surface area contributed by atoms with Crippen LogP contribution >= 0.6 is 11.8 Å². The Hall–Kier alpha value is -1.07. The van der Waals surface area contributed by atoms with E-state index in [2.05, 4.69) is 13.8 Å². The summed E-state index contributed by atoms with van der Waals surface area (Å²) in [5.41, 5.74) is 0.662. The van der Waals surface area contributed by atoms with Crippen LogP contribution in [0, 0.1) is 16.0 Å². The van der Waals surface area contributed by atoms with Gasteiger partial charge in [0.2, 0.25) is 0 Å². The molecule has 0 radical (unpaired) electrons. The number of hydrogen-bond donors (Lipinski definition) is 1. The first-order chi connectivity index (χ1) is 8.08. The molecule has 1 N–H and O–H groups in total. The van der Waals surface area contributed by atoms with Crippen molar-refractivity contribution in [3.05, 3.63) is 33.9 Å². The highest BCUT2D eigenvalue weighted by Crippen LogP contribution is 2.31. The fraction of sp³-hybridized carbons (Fsp3) is 0.500. The molecule has 1 aromatic carbocycles. The van der Waals surface area contributed by atoms with Crippen LogP contribution in [0.2, 0.25) is 0 Å². The molecule has 5 heteroatoms. The van der Waals surface area contributed by atoms with Gasteiger partial charge in [-0.05, 0) is 17.5 Å². The zero-order valence-electron chi connectivity index (χ0n) is 10.0. The minimum atomic E-state index is -0.391. The molecule has 0 aromatic heterocycles. The van der Waals surface area contributed by atoms with E-state index in [-0.39, 0.29) is 12.3 Å². The fourth-order valence-electron chi connectivity index (χ4n) is 1.28. The number of benzene rings is 1. The molecule has 1 unspecified atom stereocenters.